The van der Waals surface area contributed by atoms with Crippen LogP contribution in [0.1, 0.15) is 16.8 Å². The van der Waals surface area contributed by atoms with Crippen LogP contribution < -0.4 is 0 Å². The Morgan fingerprint density at radius 3 is 3.06 bits per heavy atom. The van der Waals surface area contributed by atoms with E-state index in [2.05, 4.69) is 10.2 Å². The van der Waals surface area contributed by atoms with Crippen molar-refractivity contribution in [1.82, 2.24) is 10.2 Å². The van der Waals surface area contributed by atoms with Crippen LogP contribution in [0.4, 0.5) is 0 Å². The Balaban J connectivity index is 1.96. The van der Waals surface area contributed by atoms with Crippen LogP contribution in [-0.4, -0.2) is 36.0 Å². The molecule has 2 rings (SSSR count). The lowest BCUT2D eigenvalue weighted by atomic mass is 10.1. The van der Waals surface area contributed by atoms with Gasteiger partial charge in [0, 0.05) is 12.5 Å². The molecule has 0 aliphatic carbocycles. The van der Waals surface area contributed by atoms with E-state index >= 15 is 0 Å². The highest BCUT2D eigenvalue weighted by Crippen LogP contribution is 2.18. The summed E-state index contributed by atoms with van der Waals surface area (Å²) in [5, 5.41) is 7.14. The van der Waals surface area contributed by atoms with E-state index in [1.165, 1.54) is 6.07 Å². The van der Waals surface area contributed by atoms with Gasteiger partial charge in [-0.3, -0.25) is 0 Å². The fraction of sp³-hybridized carbons (Fsp3) is 0.500. The molecule has 1 aliphatic heterocycles. The number of halogens is 2. The maximum atomic E-state index is 11.7. The summed E-state index contributed by atoms with van der Waals surface area (Å²) in [5.74, 6) is -0.290. The molecule has 0 amide bonds. The SMILES string of the molecule is O=C(OCC1CCOC1)c1cc(Cl)nnc1Cl. The molecule has 0 spiro atoms. The van der Waals surface area contributed by atoms with Gasteiger partial charge in [0.25, 0.3) is 0 Å². The maximum Gasteiger partial charge on any atom is 0.341 e. The molecule has 0 radical (unpaired) electrons. The third-order valence-electron chi connectivity index (χ3n) is 2.41. The molecule has 7 heteroatoms. The molecule has 92 valence electrons. The quantitative estimate of drug-likeness (QED) is 0.790. The average Bonchev–Trinajstić information content (AvgIpc) is 2.82. The molecule has 1 aromatic heterocycles. The predicted molar refractivity (Wildman–Crippen MR) is 61.3 cm³/mol. The Morgan fingerprint density at radius 1 is 1.53 bits per heavy atom. The lowest BCUT2D eigenvalue weighted by Gasteiger charge is -2.09. The molecule has 0 saturated carbocycles. The van der Waals surface area contributed by atoms with Crippen LogP contribution in [0, 0.1) is 5.92 Å². The monoisotopic (exact) mass is 276 g/mol. The first-order chi connectivity index (χ1) is 8.16. The van der Waals surface area contributed by atoms with Crippen LogP contribution in [0.15, 0.2) is 6.07 Å². The van der Waals surface area contributed by atoms with Crippen molar-refractivity contribution in [3.8, 4) is 0 Å². The molecule has 1 aromatic rings. The molecule has 0 aromatic carbocycles. The first-order valence-electron chi connectivity index (χ1n) is 5.10. The summed E-state index contributed by atoms with van der Waals surface area (Å²) in [7, 11) is 0. The van der Waals surface area contributed by atoms with Gasteiger partial charge in [-0.2, -0.15) is 0 Å². The number of ether oxygens (including phenoxy) is 2. The smallest absolute Gasteiger partial charge is 0.341 e. The summed E-state index contributed by atoms with van der Waals surface area (Å²) >= 11 is 11.4. The topological polar surface area (TPSA) is 61.3 Å². The number of carbonyl (C=O) groups is 1. The molecule has 1 aliphatic rings. The number of aromatic nitrogens is 2. The van der Waals surface area contributed by atoms with Crippen molar-refractivity contribution in [3.63, 3.8) is 0 Å². The normalized spacial score (nSPS) is 19.3. The fourth-order valence-electron chi connectivity index (χ4n) is 1.48. The Bertz CT molecular complexity index is 422. The van der Waals surface area contributed by atoms with Crippen molar-refractivity contribution >= 4 is 29.2 Å². The van der Waals surface area contributed by atoms with Gasteiger partial charge in [0.1, 0.15) is 5.56 Å². The second-order valence-electron chi connectivity index (χ2n) is 3.70. The largest absolute Gasteiger partial charge is 0.462 e. The maximum absolute atomic E-state index is 11.7. The third-order valence-corrected chi connectivity index (χ3v) is 2.88. The van der Waals surface area contributed by atoms with Gasteiger partial charge in [0.15, 0.2) is 10.3 Å². The van der Waals surface area contributed by atoms with E-state index < -0.39 is 5.97 Å². The number of hydrogen-bond acceptors (Lipinski definition) is 5. The van der Waals surface area contributed by atoms with Gasteiger partial charge >= 0.3 is 5.97 Å². The molecular formula is C10H10Cl2N2O3. The Morgan fingerprint density at radius 2 is 2.35 bits per heavy atom. The minimum Gasteiger partial charge on any atom is -0.462 e. The van der Waals surface area contributed by atoms with Gasteiger partial charge in [-0.25, -0.2) is 4.79 Å². The minimum atomic E-state index is -0.543. The highest BCUT2D eigenvalue weighted by molar-refractivity contribution is 6.33. The summed E-state index contributed by atoms with van der Waals surface area (Å²) in [6.07, 6.45) is 0.899. The van der Waals surface area contributed by atoms with Crippen LogP contribution in [-0.2, 0) is 9.47 Å². The van der Waals surface area contributed by atoms with Crippen LogP contribution in [0.2, 0.25) is 10.3 Å². The van der Waals surface area contributed by atoms with E-state index in [4.69, 9.17) is 32.7 Å². The molecule has 0 bridgehead atoms. The Labute approximate surface area is 108 Å². The number of esters is 1. The van der Waals surface area contributed by atoms with E-state index in [0.717, 1.165) is 6.42 Å². The fourth-order valence-corrected chi connectivity index (χ4v) is 1.80. The van der Waals surface area contributed by atoms with Crippen molar-refractivity contribution in [2.75, 3.05) is 19.8 Å². The Kier molecular flexibility index (Phi) is 4.15. The molecule has 1 fully saturated rings. The number of nitrogens with zero attached hydrogens (tertiary/aromatic N) is 2. The zero-order valence-corrected chi connectivity index (χ0v) is 10.4. The second-order valence-corrected chi connectivity index (χ2v) is 4.44. The summed E-state index contributed by atoms with van der Waals surface area (Å²) < 4.78 is 10.3. The summed E-state index contributed by atoms with van der Waals surface area (Å²) in [5.41, 5.74) is 0.130. The predicted octanol–water partition coefficient (Wildman–Crippen LogP) is 1.98. The summed E-state index contributed by atoms with van der Waals surface area (Å²) in [6, 6.07) is 1.34. The van der Waals surface area contributed by atoms with Crippen molar-refractivity contribution in [1.29, 1.82) is 0 Å². The average molecular weight is 277 g/mol. The zero-order valence-electron chi connectivity index (χ0n) is 8.86. The molecule has 0 N–H and O–H groups in total. The van der Waals surface area contributed by atoms with E-state index in [1.54, 1.807) is 0 Å². The molecule has 5 nitrogen and oxygen atoms in total. The highest BCUT2D eigenvalue weighted by Gasteiger charge is 2.20. The Hall–Kier alpha value is -0.910. The van der Waals surface area contributed by atoms with Gasteiger partial charge in [-0.05, 0) is 12.5 Å². The van der Waals surface area contributed by atoms with E-state index in [1.807, 2.05) is 0 Å². The molecule has 17 heavy (non-hydrogen) atoms. The third kappa shape index (κ3) is 3.28. The van der Waals surface area contributed by atoms with E-state index in [-0.39, 0.29) is 21.8 Å². The van der Waals surface area contributed by atoms with Crippen LogP contribution in [0.25, 0.3) is 0 Å². The van der Waals surface area contributed by atoms with Crippen molar-refractivity contribution in [2.45, 2.75) is 6.42 Å². The first-order valence-corrected chi connectivity index (χ1v) is 5.86. The number of hydrogen-bond donors (Lipinski definition) is 0. The lowest BCUT2D eigenvalue weighted by molar-refractivity contribution is 0.0427. The van der Waals surface area contributed by atoms with E-state index in [9.17, 15) is 4.79 Å². The van der Waals surface area contributed by atoms with Crippen LogP contribution in [0.3, 0.4) is 0 Å². The lowest BCUT2D eigenvalue weighted by Crippen LogP contribution is -2.15. The van der Waals surface area contributed by atoms with Crippen molar-refractivity contribution < 1.29 is 14.3 Å². The highest BCUT2D eigenvalue weighted by atomic mass is 35.5. The standard InChI is InChI=1S/C10H10Cl2N2O3/c11-8-3-7(9(12)14-13-8)10(15)17-5-6-1-2-16-4-6/h3,6H,1-2,4-5H2. The van der Waals surface area contributed by atoms with Gasteiger partial charge in [-0.1, -0.05) is 23.2 Å². The van der Waals surface area contributed by atoms with Crippen LogP contribution >= 0.6 is 23.2 Å². The second kappa shape index (κ2) is 5.62. The van der Waals surface area contributed by atoms with Gasteiger partial charge < -0.3 is 9.47 Å². The zero-order chi connectivity index (χ0) is 12.3. The minimum absolute atomic E-state index is 0.0120. The van der Waals surface area contributed by atoms with Gasteiger partial charge in [0.05, 0.1) is 13.2 Å². The molecular weight excluding hydrogens is 267 g/mol. The van der Waals surface area contributed by atoms with Gasteiger partial charge in [0.2, 0.25) is 0 Å². The molecule has 1 saturated heterocycles. The molecule has 1 atom stereocenters. The molecule has 1 unspecified atom stereocenters. The summed E-state index contributed by atoms with van der Waals surface area (Å²) in [6.45, 7) is 1.65. The number of rotatable bonds is 3. The first kappa shape index (κ1) is 12.5. The number of carbonyl (C=O) groups excluding carboxylic acids is 1. The van der Waals surface area contributed by atoms with Crippen LogP contribution in [0.5, 0.6) is 0 Å². The molecule has 2 heterocycles. The van der Waals surface area contributed by atoms with Crippen molar-refractivity contribution in [2.24, 2.45) is 5.92 Å². The van der Waals surface area contributed by atoms with E-state index in [0.29, 0.717) is 19.8 Å². The van der Waals surface area contributed by atoms with Gasteiger partial charge in [-0.15, -0.1) is 10.2 Å². The summed E-state index contributed by atoms with van der Waals surface area (Å²) in [4.78, 5) is 11.7. The van der Waals surface area contributed by atoms with Crippen molar-refractivity contribution in [3.05, 3.63) is 21.9 Å².